The molecule has 0 fully saturated rings. The molecule has 0 saturated carbocycles. The standard InChI is InChI=1S/C24H44Cl2O4/c1-2-3-4-5-6-7-11-14-17-20-23(27)29-30-24(28)21-18-15-12-9-8-10-13-16-19-22(25)26/h22H,2-21H2,1H3. The number of unbranched alkanes of at least 4 members (excludes halogenated alkanes) is 15. The van der Waals surface area contributed by atoms with Gasteiger partial charge in [-0.25, -0.2) is 19.4 Å². The maximum atomic E-state index is 11.6. The second-order valence-electron chi connectivity index (χ2n) is 8.25. The summed E-state index contributed by atoms with van der Waals surface area (Å²) in [6.07, 6.45) is 21.0. The summed E-state index contributed by atoms with van der Waals surface area (Å²) >= 11 is 11.4. The van der Waals surface area contributed by atoms with E-state index in [1.807, 2.05) is 0 Å². The van der Waals surface area contributed by atoms with Crippen LogP contribution in [0.4, 0.5) is 0 Å². The molecule has 0 amide bonds. The van der Waals surface area contributed by atoms with Crippen LogP contribution in [0.3, 0.4) is 0 Å². The molecule has 0 spiro atoms. The number of hydrogen-bond donors (Lipinski definition) is 0. The number of halogens is 2. The highest BCUT2D eigenvalue weighted by Crippen LogP contribution is 2.15. The quantitative estimate of drug-likeness (QED) is 0.0734. The highest BCUT2D eigenvalue weighted by atomic mass is 35.5. The lowest BCUT2D eigenvalue weighted by Gasteiger charge is -2.04. The van der Waals surface area contributed by atoms with Gasteiger partial charge in [-0.05, 0) is 19.3 Å². The lowest BCUT2D eigenvalue weighted by Crippen LogP contribution is -2.11. The van der Waals surface area contributed by atoms with Gasteiger partial charge in [-0.3, -0.25) is 0 Å². The van der Waals surface area contributed by atoms with Gasteiger partial charge in [0.15, 0.2) is 0 Å². The van der Waals surface area contributed by atoms with Gasteiger partial charge in [0.05, 0.1) is 12.8 Å². The number of alkyl halides is 2. The van der Waals surface area contributed by atoms with Gasteiger partial charge in [0.1, 0.15) is 4.84 Å². The first-order chi connectivity index (χ1) is 14.6. The molecule has 30 heavy (non-hydrogen) atoms. The van der Waals surface area contributed by atoms with Crippen LogP contribution in [0.1, 0.15) is 135 Å². The Labute approximate surface area is 194 Å². The topological polar surface area (TPSA) is 52.6 Å². The molecule has 0 saturated heterocycles. The predicted molar refractivity (Wildman–Crippen MR) is 126 cm³/mol. The normalized spacial score (nSPS) is 11.1. The SMILES string of the molecule is CCCCCCCCCCCC(=O)OOC(=O)CCCCCCCCCCC(Cl)Cl. The molecule has 178 valence electrons. The molecule has 0 unspecified atom stereocenters. The van der Waals surface area contributed by atoms with Crippen LogP contribution < -0.4 is 0 Å². The van der Waals surface area contributed by atoms with Crippen LogP contribution in [0, 0.1) is 0 Å². The van der Waals surface area contributed by atoms with Gasteiger partial charge >= 0.3 is 11.9 Å². The molecular weight excluding hydrogens is 423 g/mol. The summed E-state index contributed by atoms with van der Waals surface area (Å²) in [6, 6.07) is 0. The molecule has 4 nitrogen and oxygen atoms in total. The third-order valence-corrected chi connectivity index (χ3v) is 5.70. The molecule has 0 atom stereocenters. The number of carbonyl (C=O) groups excluding carboxylic acids is 2. The second kappa shape index (κ2) is 23.2. The summed E-state index contributed by atoms with van der Waals surface area (Å²) in [5.41, 5.74) is 0. The van der Waals surface area contributed by atoms with Crippen LogP contribution in [0.25, 0.3) is 0 Å². The zero-order valence-corrected chi connectivity index (χ0v) is 20.6. The number of carbonyl (C=O) groups is 2. The maximum absolute atomic E-state index is 11.6. The zero-order valence-electron chi connectivity index (χ0n) is 19.1. The van der Waals surface area contributed by atoms with Crippen LogP contribution in [0.5, 0.6) is 0 Å². The summed E-state index contributed by atoms with van der Waals surface area (Å²) in [4.78, 5) is 32.2. The van der Waals surface area contributed by atoms with Crippen LogP contribution in [-0.4, -0.2) is 16.8 Å². The van der Waals surface area contributed by atoms with Crippen molar-refractivity contribution in [2.45, 2.75) is 140 Å². The fraction of sp³-hybridized carbons (Fsp3) is 0.917. The minimum Gasteiger partial charge on any atom is -0.247 e. The van der Waals surface area contributed by atoms with Crippen molar-refractivity contribution in [3.8, 4) is 0 Å². The second-order valence-corrected chi connectivity index (χ2v) is 9.52. The molecule has 6 heteroatoms. The van der Waals surface area contributed by atoms with Gasteiger partial charge < -0.3 is 0 Å². The van der Waals surface area contributed by atoms with E-state index >= 15 is 0 Å². The predicted octanol–water partition coefficient (Wildman–Crippen LogP) is 8.61. The molecule has 0 aromatic carbocycles. The van der Waals surface area contributed by atoms with Crippen molar-refractivity contribution in [1.82, 2.24) is 0 Å². The van der Waals surface area contributed by atoms with Crippen LogP contribution >= 0.6 is 23.2 Å². The summed E-state index contributed by atoms with van der Waals surface area (Å²) < 4.78 is 0. The molecule has 0 bridgehead atoms. The first-order valence-electron chi connectivity index (χ1n) is 12.2. The Kier molecular flexibility index (Phi) is 22.8. The van der Waals surface area contributed by atoms with Gasteiger partial charge in [-0.2, -0.15) is 0 Å². The lowest BCUT2D eigenvalue weighted by molar-refractivity contribution is -0.259. The molecule has 0 aliphatic heterocycles. The molecule has 0 radical (unpaired) electrons. The monoisotopic (exact) mass is 466 g/mol. The Hall–Kier alpha value is -0.480. The van der Waals surface area contributed by atoms with Gasteiger partial charge in [-0.15, -0.1) is 23.2 Å². The Balaban J connectivity index is 3.32. The van der Waals surface area contributed by atoms with Crippen LogP contribution in [0.15, 0.2) is 0 Å². The van der Waals surface area contributed by atoms with E-state index in [-0.39, 0.29) is 4.84 Å². The summed E-state index contributed by atoms with van der Waals surface area (Å²) in [7, 11) is 0. The largest absolute Gasteiger partial charge is 0.355 e. The molecule has 0 aliphatic rings. The molecule has 0 aromatic heterocycles. The van der Waals surface area contributed by atoms with Crippen molar-refractivity contribution < 1.29 is 19.4 Å². The Morgan fingerprint density at radius 1 is 0.567 bits per heavy atom. The van der Waals surface area contributed by atoms with E-state index in [2.05, 4.69) is 16.7 Å². The van der Waals surface area contributed by atoms with Crippen molar-refractivity contribution >= 4 is 35.1 Å². The zero-order chi connectivity index (χ0) is 22.3. The molecule has 0 rings (SSSR count). The highest BCUT2D eigenvalue weighted by Gasteiger charge is 2.09. The average molecular weight is 468 g/mol. The fourth-order valence-corrected chi connectivity index (χ4v) is 3.69. The summed E-state index contributed by atoms with van der Waals surface area (Å²) in [5.74, 6) is -0.895. The van der Waals surface area contributed by atoms with E-state index in [9.17, 15) is 9.59 Å². The molecule has 0 N–H and O–H groups in total. The number of rotatable bonds is 21. The van der Waals surface area contributed by atoms with Crippen molar-refractivity contribution in [1.29, 1.82) is 0 Å². The van der Waals surface area contributed by atoms with Gasteiger partial charge in [-0.1, -0.05) is 103 Å². The molecule has 0 heterocycles. The van der Waals surface area contributed by atoms with Crippen LogP contribution in [-0.2, 0) is 19.4 Å². The maximum Gasteiger partial charge on any atom is 0.355 e. The van der Waals surface area contributed by atoms with Gasteiger partial charge in [0.25, 0.3) is 0 Å². The fourth-order valence-electron chi connectivity index (χ4n) is 3.38. The van der Waals surface area contributed by atoms with Crippen molar-refractivity contribution in [3.63, 3.8) is 0 Å². The number of hydrogen-bond acceptors (Lipinski definition) is 4. The smallest absolute Gasteiger partial charge is 0.247 e. The third kappa shape index (κ3) is 23.8. The minimum atomic E-state index is -0.452. The van der Waals surface area contributed by atoms with E-state index in [0.29, 0.717) is 12.8 Å². The van der Waals surface area contributed by atoms with Crippen molar-refractivity contribution in [2.24, 2.45) is 0 Å². The first kappa shape index (κ1) is 29.5. The third-order valence-electron chi connectivity index (χ3n) is 5.27. The molecule has 0 aromatic rings. The Bertz CT molecular complexity index is 403. The van der Waals surface area contributed by atoms with E-state index in [1.54, 1.807) is 0 Å². The van der Waals surface area contributed by atoms with E-state index in [1.165, 1.54) is 64.2 Å². The van der Waals surface area contributed by atoms with Crippen molar-refractivity contribution in [2.75, 3.05) is 0 Å². The minimum absolute atomic E-state index is 0.237. The highest BCUT2D eigenvalue weighted by molar-refractivity contribution is 6.44. The van der Waals surface area contributed by atoms with E-state index < -0.39 is 11.9 Å². The van der Waals surface area contributed by atoms with E-state index in [0.717, 1.165) is 51.4 Å². The van der Waals surface area contributed by atoms with E-state index in [4.69, 9.17) is 23.2 Å². The first-order valence-corrected chi connectivity index (χ1v) is 13.1. The molecular formula is C24H44Cl2O4. The Morgan fingerprint density at radius 3 is 1.27 bits per heavy atom. The van der Waals surface area contributed by atoms with Crippen LogP contribution in [0.2, 0.25) is 0 Å². The average Bonchev–Trinajstić information content (AvgIpc) is 2.72. The lowest BCUT2D eigenvalue weighted by atomic mass is 10.1. The Morgan fingerprint density at radius 2 is 0.900 bits per heavy atom. The van der Waals surface area contributed by atoms with Gasteiger partial charge in [0.2, 0.25) is 0 Å². The summed E-state index contributed by atoms with van der Waals surface area (Å²) in [5, 5.41) is 0. The van der Waals surface area contributed by atoms with Gasteiger partial charge in [0, 0.05) is 0 Å². The molecule has 0 aliphatic carbocycles. The van der Waals surface area contributed by atoms with Crippen molar-refractivity contribution in [3.05, 3.63) is 0 Å². The summed E-state index contributed by atoms with van der Waals surface area (Å²) in [6.45, 7) is 2.23.